The van der Waals surface area contributed by atoms with Crippen molar-refractivity contribution < 1.29 is 4.42 Å². The van der Waals surface area contributed by atoms with E-state index >= 15 is 0 Å². The molecule has 1 aromatic heterocycles. The second-order valence-corrected chi connectivity index (χ2v) is 7.06. The Morgan fingerprint density at radius 1 is 1.19 bits per heavy atom. The lowest BCUT2D eigenvalue weighted by Crippen LogP contribution is -2.35. The van der Waals surface area contributed by atoms with E-state index in [1.807, 2.05) is 6.07 Å². The number of nitrogens with one attached hydrogen (secondary N) is 1. The molecular weight excluding hydrogens is 258 g/mol. The molecule has 0 amide bonds. The Morgan fingerprint density at radius 3 is 2.62 bits per heavy atom. The summed E-state index contributed by atoms with van der Waals surface area (Å²) in [5.41, 5.74) is 2.74. The molecule has 1 aromatic carbocycles. The highest BCUT2D eigenvalue weighted by molar-refractivity contribution is 5.82. The summed E-state index contributed by atoms with van der Waals surface area (Å²) in [5, 5.41) is 4.96. The summed E-state index contributed by atoms with van der Waals surface area (Å²) in [6.45, 7) is 7.90. The molecule has 21 heavy (non-hydrogen) atoms. The minimum absolute atomic E-state index is 0.274. The van der Waals surface area contributed by atoms with E-state index in [4.69, 9.17) is 4.42 Å². The molecule has 0 saturated heterocycles. The summed E-state index contributed by atoms with van der Waals surface area (Å²) in [4.78, 5) is 0. The molecule has 2 aromatic rings. The molecule has 2 nitrogen and oxygen atoms in total. The van der Waals surface area contributed by atoms with Gasteiger partial charge >= 0.3 is 0 Å². The molecule has 3 rings (SSSR count). The normalized spacial score (nSPS) is 19.8. The van der Waals surface area contributed by atoms with Crippen molar-refractivity contribution in [3.05, 3.63) is 35.6 Å². The molecule has 1 N–H and O–H groups in total. The minimum Gasteiger partial charge on any atom is -0.459 e. The highest BCUT2D eigenvalue weighted by Gasteiger charge is 2.27. The Balaban J connectivity index is 1.72. The van der Waals surface area contributed by atoms with Crippen LogP contribution in [-0.2, 0) is 0 Å². The fourth-order valence-electron chi connectivity index (χ4n) is 3.68. The second kappa shape index (κ2) is 5.84. The smallest absolute Gasteiger partial charge is 0.134 e. The molecule has 1 aliphatic carbocycles. The van der Waals surface area contributed by atoms with Gasteiger partial charge in [0.1, 0.15) is 11.3 Å². The third-order valence-electron chi connectivity index (χ3n) is 5.17. The van der Waals surface area contributed by atoms with Gasteiger partial charge in [0.05, 0.1) is 6.04 Å². The maximum atomic E-state index is 6.07. The van der Waals surface area contributed by atoms with Gasteiger partial charge in [0.2, 0.25) is 0 Å². The molecule has 1 saturated carbocycles. The highest BCUT2D eigenvalue weighted by Crippen LogP contribution is 2.36. The van der Waals surface area contributed by atoms with Crippen LogP contribution in [0.15, 0.2) is 28.7 Å². The maximum Gasteiger partial charge on any atom is 0.134 e. The Morgan fingerprint density at radius 2 is 1.90 bits per heavy atom. The molecule has 114 valence electrons. The van der Waals surface area contributed by atoms with E-state index in [9.17, 15) is 0 Å². The van der Waals surface area contributed by atoms with Gasteiger partial charge in [-0.15, -0.1) is 0 Å². The van der Waals surface area contributed by atoms with Crippen LogP contribution in [0, 0.1) is 12.3 Å². The van der Waals surface area contributed by atoms with Crippen molar-refractivity contribution in [3.63, 3.8) is 0 Å². The number of furan rings is 1. The first-order valence-electron chi connectivity index (χ1n) is 8.30. The molecule has 1 heterocycles. The summed E-state index contributed by atoms with van der Waals surface area (Å²) in [5.74, 6) is 1.09. The summed E-state index contributed by atoms with van der Waals surface area (Å²) in [6.07, 6.45) is 6.89. The molecule has 0 spiro atoms. The molecule has 0 radical (unpaired) electrons. The molecule has 0 aliphatic heterocycles. The maximum absolute atomic E-state index is 6.07. The van der Waals surface area contributed by atoms with Crippen molar-refractivity contribution in [2.75, 3.05) is 6.54 Å². The van der Waals surface area contributed by atoms with Crippen LogP contribution in [-0.4, -0.2) is 6.54 Å². The quantitative estimate of drug-likeness (QED) is 0.817. The predicted molar refractivity (Wildman–Crippen MR) is 88.6 cm³/mol. The van der Waals surface area contributed by atoms with Gasteiger partial charge in [-0.3, -0.25) is 0 Å². The molecule has 1 fully saturated rings. The zero-order valence-corrected chi connectivity index (χ0v) is 13.5. The lowest BCUT2D eigenvalue weighted by molar-refractivity contribution is 0.199. The lowest BCUT2D eigenvalue weighted by atomic mass is 9.75. The SMILES string of the molecule is Cc1c(C(C)NCC2(C)CCCCC2)oc2ccccc12. The second-order valence-electron chi connectivity index (χ2n) is 7.06. The summed E-state index contributed by atoms with van der Waals surface area (Å²) >= 11 is 0. The van der Waals surface area contributed by atoms with Crippen LogP contribution in [0.3, 0.4) is 0 Å². The zero-order valence-electron chi connectivity index (χ0n) is 13.5. The minimum atomic E-state index is 0.274. The van der Waals surface area contributed by atoms with Crippen LogP contribution in [0.25, 0.3) is 11.0 Å². The van der Waals surface area contributed by atoms with E-state index in [0.717, 1.165) is 17.9 Å². The summed E-state index contributed by atoms with van der Waals surface area (Å²) in [6, 6.07) is 8.59. The van der Waals surface area contributed by atoms with Crippen molar-refractivity contribution in [2.45, 2.75) is 58.9 Å². The first kappa shape index (κ1) is 14.6. The van der Waals surface area contributed by atoms with Crippen LogP contribution in [0.1, 0.15) is 63.3 Å². The number of fused-ring (bicyclic) bond motifs is 1. The first-order chi connectivity index (χ1) is 10.1. The predicted octanol–water partition coefficient (Wildman–Crippen LogP) is 5.36. The van der Waals surface area contributed by atoms with Crippen LogP contribution in [0.5, 0.6) is 0 Å². The topological polar surface area (TPSA) is 25.2 Å². The third-order valence-corrected chi connectivity index (χ3v) is 5.17. The number of para-hydroxylation sites is 1. The monoisotopic (exact) mass is 285 g/mol. The van der Waals surface area contributed by atoms with Crippen LogP contribution in [0.2, 0.25) is 0 Å². The van der Waals surface area contributed by atoms with E-state index in [1.165, 1.54) is 43.1 Å². The fourth-order valence-corrected chi connectivity index (χ4v) is 3.68. The standard InChI is InChI=1S/C19H27NO/c1-14-16-9-5-6-10-17(16)21-18(14)15(2)20-13-19(3)11-7-4-8-12-19/h5-6,9-10,15,20H,4,7-8,11-13H2,1-3H3. The molecule has 2 heteroatoms. The van der Waals surface area contributed by atoms with Crippen LogP contribution >= 0.6 is 0 Å². The van der Waals surface area contributed by atoms with Crippen molar-refractivity contribution in [1.82, 2.24) is 5.32 Å². The Kier molecular flexibility index (Phi) is 4.08. The summed E-state index contributed by atoms with van der Waals surface area (Å²) < 4.78 is 6.07. The average Bonchev–Trinajstić information content (AvgIpc) is 2.84. The number of benzene rings is 1. The van der Waals surface area contributed by atoms with Crippen molar-refractivity contribution in [1.29, 1.82) is 0 Å². The lowest BCUT2D eigenvalue weighted by Gasteiger charge is -2.34. The number of rotatable bonds is 4. The van der Waals surface area contributed by atoms with Gasteiger partial charge in [0, 0.05) is 11.9 Å². The van der Waals surface area contributed by atoms with E-state index in [-0.39, 0.29) is 6.04 Å². The number of aryl methyl sites for hydroxylation is 1. The van der Waals surface area contributed by atoms with Gasteiger partial charge in [0.15, 0.2) is 0 Å². The van der Waals surface area contributed by atoms with Gasteiger partial charge in [-0.1, -0.05) is 44.4 Å². The van der Waals surface area contributed by atoms with Crippen LogP contribution < -0.4 is 5.32 Å². The number of hydrogen-bond donors (Lipinski definition) is 1. The number of hydrogen-bond acceptors (Lipinski definition) is 2. The van der Waals surface area contributed by atoms with Crippen molar-refractivity contribution in [2.24, 2.45) is 5.41 Å². The van der Waals surface area contributed by atoms with Gasteiger partial charge in [-0.25, -0.2) is 0 Å². The Hall–Kier alpha value is -1.28. The van der Waals surface area contributed by atoms with Crippen molar-refractivity contribution >= 4 is 11.0 Å². The largest absolute Gasteiger partial charge is 0.459 e. The average molecular weight is 285 g/mol. The van der Waals surface area contributed by atoms with Crippen molar-refractivity contribution in [3.8, 4) is 0 Å². The Labute approximate surface area is 127 Å². The Bertz CT molecular complexity index is 607. The molecule has 0 bridgehead atoms. The van der Waals surface area contributed by atoms with Gasteiger partial charge in [-0.05, 0) is 43.7 Å². The molecule has 1 aliphatic rings. The van der Waals surface area contributed by atoms with E-state index < -0.39 is 0 Å². The molecule has 1 unspecified atom stereocenters. The van der Waals surface area contributed by atoms with E-state index in [1.54, 1.807) is 0 Å². The van der Waals surface area contributed by atoms with Gasteiger partial charge < -0.3 is 9.73 Å². The van der Waals surface area contributed by atoms with Gasteiger partial charge in [0.25, 0.3) is 0 Å². The van der Waals surface area contributed by atoms with Crippen LogP contribution in [0.4, 0.5) is 0 Å². The fraction of sp³-hybridized carbons (Fsp3) is 0.579. The highest BCUT2D eigenvalue weighted by atomic mass is 16.3. The zero-order chi connectivity index (χ0) is 14.9. The van der Waals surface area contributed by atoms with E-state index in [0.29, 0.717) is 5.41 Å². The third kappa shape index (κ3) is 3.01. The summed E-state index contributed by atoms with van der Waals surface area (Å²) in [7, 11) is 0. The van der Waals surface area contributed by atoms with Gasteiger partial charge in [-0.2, -0.15) is 0 Å². The first-order valence-corrected chi connectivity index (χ1v) is 8.30. The van der Waals surface area contributed by atoms with E-state index in [2.05, 4.69) is 44.3 Å². The molecule has 1 atom stereocenters. The molecular formula is C19H27NO.